The number of nitrogens with zero attached hydrogens (tertiary/aromatic N) is 4. The van der Waals surface area contributed by atoms with E-state index in [-0.39, 0.29) is 0 Å². The molecule has 0 bridgehead atoms. The molecule has 1 heterocycles. The van der Waals surface area contributed by atoms with Gasteiger partial charge in [0.15, 0.2) is 5.96 Å². The minimum Gasteiger partial charge on any atom is -0.385 e. The molecule has 1 aromatic heterocycles. The van der Waals surface area contributed by atoms with Gasteiger partial charge in [0.2, 0.25) is 0 Å². The Labute approximate surface area is 139 Å². The Bertz CT molecular complexity index is 444. The van der Waals surface area contributed by atoms with E-state index in [9.17, 15) is 0 Å². The molecule has 7 nitrogen and oxygen atoms in total. The molecule has 2 N–H and O–H groups in total. The Balaban J connectivity index is 2.40. The summed E-state index contributed by atoms with van der Waals surface area (Å²) in [6, 6.07) is 0. The summed E-state index contributed by atoms with van der Waals surface area (Å²) in [6.07, 6.45) is 4.73. The third kappa shape index (κ3) is 8.54. The van der Waals surface area contributed by atoms with Gasteiger partial charge in [0, 0.05) is 46.3 Å². The van der Waals surface area contributed by atoms with Gasteiger partial charge in [-0.25, -0.2) is 0 Å². The van der Waals surface area contributed by atoms with Crippen LogP contribution < -0.4 is 10.6 Å². The van der Waals surface area contributed by atoms with Gasteiger partial charge < -0.3 is 19.9 Å². The average Bonchev–Trinajstić information content (AvgIpc) is 2.98. The molecule has 0 saturated carbocycles. The van der Waals surface area contributed by atoms with Crippen LogP contribution in [-0.2, 0) is 17.7 Å². The molecule has 23 heavy (non-hydrogen) atoms. The van der Waals surface area contributed by atoms with Crippen LogP contribution in [0.15, 0.2) is 11.3 Å². The highest BCUT2D eigenvalue weighted by Crippen LogP contribution is 1.97. The average molecular weight is 324 g/mol. The first-order chi connectivity index (χ1) is 11.2. The van der Waals surface area contributed by atoms with Gasteiger partial charge >= 0.3 is 0 Å². The van der Waals surface area contributed by atoms with Gasteiger partial charge in [-0.3, -0.25) is 4.99 Å². The maximum Gasteiger partial charge on any atom is 0.191 e. The van der Waals surface area contributed by atoms with E-state index in [0.717, 1.165) is 63.8 Å². The summed E-state index contributed by atoms with van der Waals surface area (Å²) >= 11 is 0. The summed E-state index contributed by atoms with van der Waals surface area (Å²) < 4.78 is 7.14. The minimum atomic E-state index is 0.682. The second kappa shape index (κ2) is 11.9. The quantitative estimate of drug-likeness (QED) is 0.366. The van der Waals surface area contributed by atoms with Gasteiger partial charge in [0.05, 0.1) is 0 Å². The molecule has 0 saturated heterocycles. The molecule has 0 aliphatic heterocycles. The third-order valence-electron chi connectivity index (χ3n) is 3.45. The van der Waals surface area contributed by atoms with Crippen molar-refractivity contribution in [2.45, 2.75) is 46.6 Å². The predicted molar refractivity (Wildman–Crippen MR) is 93.7 cm³/mol. The van der Waals surface area contributed by atoms with E-state index < -0.39 is 0 Å². The van der Waals surface area contributed by atoms with Crippen molar-refractivity contribution >= 4 is 5.96 Å². The first kappa shape index (κ1) is 19.4. The lowest BCUT2D eigenvalue weighted by molar-refractivity contribution is 0.197. The number of ether oxygens (including phenoxy) is 1. The van der Waals surface area contributed by atoms with Crippen molar-refractivity contribution in [3.05, 3.63) is 12.2 Å². The van der Waals surface area contributed by atoms with Crippen molar-refractivity contribution < 1.29 is 4.74 Å². The number of rotatable bonds is 11. The summed E-state index contributed by atoms with van der Waals surface area (Å²) in [4.78, 5) is 4.59. The molecule has 0 fully saturated rings. The molecule has 0 aliphatic rings. The lowest BCUT2D eigenvalue weighted by Crippen LogP contribution is -2.40. The Hall–Kier alpha value is -1.63. The second-order valence-corrected chi connectivity index (χ2v) is 5.91. The lowest BCUT2D eigenvalue weighted by Gasteiger charge is -2.14. The van der Waals surface area contributed by atoms with Crippen LogP contribution in [-0.4, -0.2) is 54.1 Å². The van der Waals surface area contributed by atoms with Gasteiger partial charge in [-0.1, -0.05) is 20.8 Å². The Morgan fingerprint density at radius 2 is 2.13 bits per heavy atom. The van der Waals surface area contributed by atoms with Crippen LogP contribution in [0.1, 0.15) is 39.4 Å². The normalized spacial score (nSPS) is 12.0. The number of nitrogens with one attached hydrogen (secondary N) is 2. The number of guanidine groups is 1. The molecule has 0 spiro atoms. The summed E-state index contributed by atoms with van der Waals surface area (Å²) in [5, 5.41) is 14.8. The molecular weight excluding hydrogens is 292 g/mol. The number of aliphatic imine (C=N–C) groups is 1. The van der Waals surface area contributed by atoms with E-state index in [4.69, 9.17) is 4.74 Å². The highest BCUT2D eigenvalue weighted by molar-refractivity contribution is 5.79. The highest BCUT2D eigenvalue weighted by atomic mass is 16.5. The van der Waals surface area contributed by atoms with Gasteiger partial charge in [-0.2, -0.15) is 0 Å². The smallest absolute Gasteiger partial charge is 0.191 e. The van der Waals surface area contributed by atoms with Gasteiger partial charge in [0.1, 0.15) is 12.2 Å². The molecular formula is C16H32N6O. The third-order valence-corrected chi connectivity index (χ3v) is 3.45. The zero-order valence-corrected chi connectivity index (χ0v) is 15.0. The standard InChI is InChI=1S/C16H32N6O/c1-5-15-21-20-13-22(15)11-10-19-16(17-8-6-12-23-4)18-9-7-14(2)3/h13-14H,5-12H2,1-4H3,(H2,17,18,19). The Kier molecular flexibility index (Phi) is 10.0. The number of hydrogen-bond donors (Lipinski definition) is 2. The van der Waals surface area contributed by atoms with Crippen LogP contribution >= 0.6 is 0 Å². The van der Waals surface area contributed by atoms with Crippen LogP contribution in [0.3, 0.4) is 0 Å². The molecule has 0 radical (unpaired) electrons. The monoisotopic (exact) mass is 324 g/mol. The molecule has 0 amide bonds. The second-order valence-electron chi connectivity index (χ2n) is 5.91. The fourth-order valence-electron chi connectivity index (χ4n) is 2.09. The fourth-order valence-corrected chi connectivity index (χ4v) is 2.09. The molecule has 7 heteroatoms. The van der Waals surface area contributed by atoms with Gasteiger partial charge in [-0.05, 0) is 18.8 Å². The number of aryl methyl sites for hydroxylation is 1. The molecule has 0 atom stereocenters. The topological polar surface area (TPSA) is 76.4 Å². The van der Waals surface area contributed by atoms with Crippen LogP contribution in [0.5, 0.6) is 0 Å². The number of aromatic nitrogens is 3. The lowest BCUT2D eigenvalue weighted by atomic mass is 10.1. The van der Waals surface area contributed by atoms with Crippen LogP contribution in [0.4, 0.5) is 0 Å². The minimum absolute atomic E-state index is 0.682. The van der Waals surface area contributed by atoms with E-state index in [0.29, 0.717) is 5.92 Å². The molecule has 132 valence electrons. The van der Waals surface area contributed by atoms with Crippen molar-refractivity contribution in [1.29, 1.82) is 0 Å². The Morgan fingerprint density at radius 3 is 2.83 bits per heavy atom. The van der Waals surface area contributed by atoms with Crippen molar-refractivity contribution in [2.24, 2.45) is 10.9 Å². The first-order valence-electron chi connectivity index (χ1n) is 8.55. The van der Waals surface area contributed by atoms with Crippen LogP contribution in [0.2, 0.25) is 0 Å². The van der Waals surface area contributed by atoms with Crippen LogP contribution in [0, 0.1) is 5.92 Å². The van der Waals surface area contributed by atoms with Crippen molar-refractivity contribution in [2.75, 3.05) is 33.4 Å². The molecule has 1 aromatic rings. The van der Waals surface area contributed by atoms with Crippen molar-refractivity contribution in [3.63, 3.8) is 0 Å². The summed E-state index contributed by atoms with van der Waals surface area (Å²) in [5.74, 6) is 2.56. The van der Waals surface area contributed by atoms with E-state index in [2.05, 4.69) is 51.2 Å². The van der Waals surface area contributed by atoms with E-state index >= 15 is 0 Å². The highest BCUT2D eigenvalue weighted by Gasteiger charge is 2.03. The zero-order chi connectivity index (χ0) is 16.9. The maximum absolute atomic E-state index is 5.06. The van der Waals surface area contributed by atoms with E-state index in [1.165, 1.54) is 0 Å². The fraction of sp³-hybridized carbons (Fsp3) is 0.812. The molecule has 0 unspecified atom stereocenters. The summed E-state index contributed by atoms with van der Waals surface area (Å²) in [7, 11) is 1.72. The van der Waals surface area contributed by atoms with Gasteiger partial charge in [0.25, 0.3) is 0 Å². The van der Waals surface area contributed by atoms with Crippen molar-refractivity contribution in [1.82, 2.24) is 25.4 Å². The molecule has 0 aliphatic carbocycles. The van der Waals surface area contributed by atoms with Crippen LogP contribution in [0.25, 0.3) is 0 Å². The Morgan fingerprint density at radius 1 is 1.35 bits per heavy atom. The molecule has 1 rings (SSSR count). The largest absolute Gasteiger partial charge is 0.385 e. The first-order valence-corrected chi connectivity index (χ1v) is 8.55. The molecule has 0 aromatic carbocycles. The summed E-state index contributed by atoms with van der Waals surface area (Å²) in [6.45, 7) is 10.6. The number of methoxy groups -OCH3 is 1. The zero-order valence-electron chi connectivity index (χ0n) is 15.0. The predicted octanol–water partition coefficient (Wildman–Crippen LogP) is 1.46. The van der Waals surface area contributed by atoms with E-state index in [1.807, 2.05) is 0 Å². The van der Waals surface area contributed by atoms with Gasteiger partial charge in [-0.15, -0.1) is 10.2 Å². The maximum atomic E-state index is 5.06. The van der Waals surface area contributed by atoms with E-state index in [1.54, 1.807) is 13.4 Å². The van der Waals surface area contributed by atoms with Crippen molar-refractivity contribution in [3.8, 4) is 0 Å². The SMILES string of the molecule is CCc1nncn1CCNC(=NCCCOC)NCCC(C)C. The summed E-state index contributed by atoms with van der Waals surface area (Å²) in [5.41, 5.74) is 0. The number of hydrogen-bond acceptors (Lipinski definition) is 4.